The van der Waals surface area contributed by atoms with Gasteiger partial charge in [0.15, 0.2) is 0 Å². The molecule has 0 saturated carbocycles. The number of aromatic nitrogens is 2. The molecule has 166 valence electrons. The van der Waals surface area contributed by atoms with Crippen molar-refractivity contribution in [3.8, 4) is 17.2 Å². The van der Waals surface area contributed by atoms with Crippen molar-refractivity contribution in [2.75, 3.05) is 36.5 Å². The number of nitrogens with one attached hydrogen (secondary N) is 1. The molecular formula is C24H20FN5O3. The van der Waals surface area contributed by atoms with Crippen LogP contribution in [-0.4, -0.2) is 47.3 Å². The number of aliphatic carboxylic acids is 1. The van der Waals surface area contributed by atoms with E-state index >= 15 is 0 Å². The molecule has 0 radical (unpaired) electrons. The van der Waals surface area contributed by atoms with Crippen LogP contribution in [0.2, 0.25) is 0 Å². The molecule has 0 atom stereocenters. The lowest BCUT2D eigenvalue weighted by molar-refractivity contribution is -0.131. The number of hydrogen-bond acceptors (Lipinski definition) is 7. The topological polar surface area (TPSA) is 111 Å². The molecule has 1 aliphatic rings. The van der Waals surface area contributed by atoms with Gasteiger partial charge in [-0.15, -0.1) is 0 Å². The minimum Gasteiger partial charge on any atom is -0.478 e. The summed E-state index contributed by atoms with van der Waals surface area (Å²) in [6.07, 6.45) is 4.28. The molecule has 0 aliphatic carbocycles. The Morgan fingerprint density at radius 3 is 2.82 bits per heavy atom. The first-order valence-corrected chi connectivity index (χ1v) is 10.2. The van der Waals surface area contributed by atoms with Crippen molar-refractivity contribution in [1.29, 1.82) is 5.26 Å². The molecular weight excluding hydrogens is 425 g/mol. The molecule has 33 heavy (non-hydrogen) atoms. The van der Waals surface area contributed by atoms with Crippen LogP contribution in [0.15, 0.2) is 54.7 Å². The Balaban J connectivity index is 1.72. The maximum absolute atomic E-state index is 13.8. The summed E-state index contributed by atoms with van der Waals surface area (Å²) < 4.78 is 19.3. The van der Waals surface area contributed by atoms with E-state index in [-0.39, 0.29) is 11.5 Å². The number of carboxylic acid groups (broad SMARTS) is 1. The summed E-state index contributed by atoms with van der Waals surface area (Å²) in [4.78, 5) is 22.0. The highest BCUT2D eigenvalue weighted by molar-refractivity contribution is 5.86. The molecule has 2 N–H and O–H groups in total. The number of carbonyl (C=O) groups is 1. The van der Waals surface area contributed by atoms with Crippen LogP contribution in [0.4, 0.5) is 21.8 Å². The third-order valence-corrected chi connectivity index (χ3v) is 4.98. The second kappa shape index (κ2) is 9.89. The van der Waals surface area contributed by atoms with E-state index in [9.17, 15) is 9.18 Å². The first-order chi connectivity index (χ1) is 16.0. The normalized spacial score (nSPS) is 13.6. The van der Waals surface area contributed by atoms with E-state index < -0.39 is 11.8 Å². The van der Waals surface area contributed by atoms with E-state index in [1.165, 1.54) is 18.2 Å². The van der Waals surface area contributed by atoms with E-state index in [1.807, 2.05) is 30.3 Å². The second-order valence-corrected chi connectivity index (χ2v) is 7.29. The Hall–Kier alpha value is -4.29. The second-order valence-electron chi connectivity index (χ2n) is 7.29. The fourth-order valence-electron chi connectivity index (χ4n) is 3.49. The van der Waals surface area contributed by atoms with Gasteiger partial charge in [0.25, 0.3) is 0 Å². The number of carboxylic acids is 1. The largest absolute Gasteiger partial charge is 0.478 e. The summed E-state index contributed by atoms with van der Waals surface area (Å²) in [5.41, 5.74) is 2.88. The van der Waals surface area contributed by atoms with Crippen LogP contribution in [-0.2, 0) is 9.53 Å². The van der Waals surface area contributed by atoms with Crippen LogP contribution >= 0.6 is 0 Å². The Kier molecular flexibility index (Phi) is 6.57. The average Bonchev–Trinajstić information content (AvgIpc) is 2.83. The number of ether oxygens (including phenoxy) is 1. The molecule has 2 aromatic carbocycles. The third kappa shape index (κ3) is 5.50. The zero-order valence-corrected chi connectivity index (χ0v) is 17.5. The number of rotatable bonds is 6. The standard InChI is InChI=1S/C24H20FN5O3/c25-19-11-17(14-26)12-20(13-19)28-24-27-15-21(23(29-24)30-6-8-33-9-7-30)18-3-1-2-16(10-18)4-5-22(31)32/h1-5,10-13,15H,6-9H2,(H,31,32)(H,27,28,29)/b5-4+. The highest BCUT2D eigenvalue weighted by Crippen LogP contribution is 2.31. The van der Waals surface area contributed by atoms with Crippen LogP contribution in [0.25, 0.3) is 17.2 Å². The van der Waals surface area contributed by atoms with Crippen molar-refractivity contribution in [3.05, 3.63) is 71.7 Å². The first kappa shape index (κ1) is 21.9. The minimum atomic E-state index is -1.02. The van der Waals surface area contributed by atoms with Crippen LogP contribution < -0.4 is 10.2 Å². The molecule has 0 bridgehead atoms. The van der Waals surface area contributed by atoms with Gasteiger partial charge in [-0.25, -0.2) is 14.2 Å². The fourth-order valence-corrected chi connectivity index (χ4v) is 3.49. The number of nitriles is 1. The van der Waals surface area contributed by atoms with E-state index in [1.54, 1.807) is 6.20 Å². The molecule has 1 fully saturated rings. The van der Waals surface area contributed by atoms with Gasteiger partial charge in [0.05, 0.1) is 24.8 Å². The molecule has 1 aromatic heterocycles. The van der Waals surface area contributed by atoms with E-state index in [4.69, 9.17) is 15.1 Å². The zero-order chi connectivity index (χ0) is 23.2. The Morgan fingerprint density at radius 2 is 2.06 bits per heavy atom. The van der Waals surface area contributed by atoms with E-state index in [0.29, 0.717) is 37.8 Å². The highest BCUT2D eigenvalue weighted by Gasteiger charge is 2.19. The lowest BCUT2D eigenvalue weighted by Gasteiger charge is -2.29. The monoisotopic (exact) mass is 445 g/mol. The molecule has 1 aliphatic heterocycles. The van der Waals surface area contributed by atoms with Crippen LogP contribution in [0.1, 0.15) is 11.1 Å². The summed E-state index contributed by atoms with van der Waals surface area (Å²) >= 11 is 0. The maximum atomic E-state index is 13.8. The van der Waals surface area contributed by atoms with Crippen molar-refractivity contribution >= 4 is 29.5 Å². The predicted octanol–water partition coefficient (Wildman–Crippen LogP) is 3.83. The van der Waals surface area contributed by atoms with Gasteiger partial charge in [-0.2, -0.15) is 10.2 Å². The number of halogens is 1. The van der Waals surface area contributed by atoms with Gasteiger partial charge in [0, 0.05) is 36.6 Å². The van der Waals surface area contributed by atoms with Crippen molar-refractivity contribution in [2.45, 2.75) is 0 Å². The average molecular weight is 445 g/mol. The number of morpholine rings is 1. The van der Waals surface area contributed by atoms with E-state index in [0.717, 1.165) is 28.8 Å². The zero-order valence-electron chi connectivity index (χ0n) is 17.5. The summed E-state index contributed by atoms with van der Waals surface area (Å²) in [7, 11) is 0. The highest BCUT2D eigenvalue weighted by atomic mass is 19.1. The molecule has 0 spiro atoms. The molecule has 0 unspecified atom stereocenters. The smallest absolute Gasteiger partial charge is 0.328 e. The van der Waals surface area contributed by atoms with Gasteiger partial charge in [-0.1, -0.05) is 18.2 Å². The number of nitrogens with zero attached hydrogens (tertiary/aromatic N) is 4. The summed E-state index contributed by atoms with van der Waals surface area (Å²) in [5, 5.41) is 21.0. The van der Waals surface area contributed by atoms with Crippen LogP contribution in [0.5, 0.6) is 0 Å². The molecule has 0 amide bonds. The molecule has 4 rings (SSSR count). The van der Waals surface area contributed by atoms with Gasteiger partial charge in [0.1, 0.15) is 11.6 Å². The molecule has 1 saturated heterocycles. The quantitative estimate of drug-likeness (QED) is 0.551. The van der Waals surface area contributed by atoms with Crippen molar-refractivity contribution in [1.82, 2.24) is 9.97 Å². The van der Waals surface area contributed by atoms with Crippen molar-refractivity contribution in [3.63, 3.8) is 0 Å². The Bertz CT molecular complexity index is 1250. The lowest BCUT2D eigenvalue weighted by atomic mass is 10.0. The summed E-state index contributed by atoms with van der Waals surface area (Å²) in [5.74, 6) is -0.624. The Labute approximate surface area is 189 Å². The number of hydrogen-bond donors (Lipinski definition) is 2. The van der Waals surface area contributed by atoms with Crippen LogP contribution in [0, 0.1) is 17.1 Å². The molecule has 3 aromatic rings. The maximum Gasteiger partial charge on any atom is 0.328 e. The number of anilines is 3. The van der Waals surface area contributed by atoms with Gasteiger partial charge in [-0.3, -0.25) is 0 Å². The lowest BCUT2D eigenvalue weighted by Crippen LogP contribution is -2.37. The Morgan fingerprint density at radius 1 is 1.24 bits per heavy atom. The SMILES string of the molecule is N#Cc1cc(F)cc(Nc2ncc(-c3cccc(/C=C/C(=O)O)c3)c(N3CCOCC3)n2)c1. The summed E-state index contributed by atoms with van der Waals surface area (Å²) in [6, 6.07) is 13.3. The van der Waals surface area contributed by atoms with Gasteiger partial charge < -0.3 is 20.1 Å². The van der Waals surface area contributed by atoms with E-state index in [2.05, 4.69) is 20.2 Å². The van der Waals surface area contributed by atoms with Crippen LogP contribution in [0.3, 0.4) is 0 Å². The van der Waals surface area contributed by atoms with Gasteiger partial charge in [-0.05, 0) is 41.5 Å². The van der Waals surface area contributed by atoms with Crippen molar-refractivity contribution in [2.24, 2.45) is 0 Å². The third-order valence-electron chi connectivity index (χ3n) is 4.98. The summed E-state index contributed by atoms with van der Waals surface area (Å²) in [6.45, 7) is 2.40. The van der Waals surface area contributed by atoms with Gasteiger partial charge in [0.2, 0.25) is 5.95 Å². The predicted molar refractivity (Wildman–Crippen MR) is 122 cm³/mol. The molecule has 2 heterocycles. The molecule has 8 nitrogen and oxygen atoms in total. The van der Waals surface area contributed by atoms with Crippen molar-refractivity contribution < 1.29 is 19.0 Å². The fraction of sp³-hybridized carbons (Fsp3) is 0.167. The number of benzene rings is 2. The minimum absolute atomic E-state index is 0.189. The first-order valence-electron chi connectivity index (χ1n) is 10.2. The molecule has 9 heteroatoms. The van der Waals surface area contributed by atoms with Gasteiger partial charge >= 0.3 is 5.97 Å².